The molecule has 0 saturated heterocycles. The summed E-state index contributed by atoms with van der Waals surface area (Å²) >= 11 is 0. The van der Waals surface area contributed by atoms with E-state index in [-0.39, 0.29) is 0 Å². The molecule has 1 nitrogen and oxygen atoms in total. The Morgan fingerprint density at radius 2 is 1.29 bits per heavy atom. The molecule has 0 aliphatic rings. The van der Waals surface area contributed by atoms with Gasteiger partial charge in [-0.25, -0.2) is 0 Å². The van der Waals surface area contributed by atoms with Crippen molar-refractivity contribution in [1.29, 1.82) is 0 Å². The maximum atomic E-state index is 4.32. The third kappa shape index (κ3) is 9.41. The summed E-state index contributed by atoms with van der Waals surface area (Å²) in [7, 11) is 0. The lowest BCUT2D eigenvalue weighted by Gasteiger charge is -2.45. The first-order chi connectivity index (χ1) is 13.7. The predicted molar refractivity (Wildman–Crippen MR) is 127 cm³/mol. The SMILES string of the molecule is C=CC(CCCCC)[N+](CCCCCC)(CCCCCC)Cc1ccccc1. The van der Waals surface area contributed by atoms with Crippen molar-refractivity contribution in [1.82, 2.24) is 0 Å². The van der Waals surface area contributed by atoms with Crippen LogP contribution in [0.4, 0.5) is 0 Å². The minimum absolute atomic E-state index is 0.593. The molecule has 28 heavy (non-hydrogen) atoms. The molecule has 1 rings (SSSR count). The Labute approximate surface area is 176 Å². The molecule has 160 valence electrons. The lowest BCUT2D eigenvalue weighted by atomic mass is 9.99. The standard InChI is InChI=1S/C27H48N/c1-5-9-12-18-23-28(24-19-13-10-6-2,25-26-20-16-14-17-21-26)27(8-4)22-15-11-7-3/h8,14,16-17,20-21,27H,4-7,9-13,15,18-19,22-25H2,1-3H3/q+1. The zero-order valence-electron chi connectivity index (χ0n) is 19.3. The average Bonchev–Trinajstić information content (AvgIpc) is 2.72. The summed E-state index contributed by atoms with van der Waals surface area (Å²) in [6.07, 6.45) is 18.4. The second-order valence-electron chi connectivity index (χ2n) is 8.73. The largest absolute Gasteiger partial charge is 0.314 e. The van der Waals surface area contributed by atoms with Gasteiger partial charge in [0, 0.05) is 12.0 Å². The van der Waals surface area contributed by atoms with Gasteiger partial charge in [0.05, 0.1) is 13.1 Å². The van der Waals surface area contributed by atoms with Crippen LogP contribution in [0.25, 0.3) is 0 Å². The van der Waals surface area contributed by atoms with Gasteiger partial charge in [-0.15, -0.1) is 0 Å². The Morgan fingerprint density at radius 1 is 0.750 bits per heavy atom. The number of benzene rings is 1. The zero-order chi connectivity index (χ0) is 20.5. The highest BCUT2D eigenvalue weighted by Crippen LogP contribution is 2.27. The van der Waals surface area contributed by atoms with Crippen molar-refractivity contribution in [2.75, 3.05) is 13.1 Å². The number of quaternary nitrogens is 1. The molecule has 0 aliphatic heterocycles. The smallest absolute Gasteiger partial charge is 0.108 e. The summed E-state index contributed by atoms with van der Waals surface area (Å²) in [5.74, 6) is 0. The van der Waals surface area contributed by atoms with E-state index in [4.69, 9.17) is 0 Å². The van der Waals surface area contributed by atoms with Gasteiger partial charge in [-0.1, -0.05) is 96.2 Å². The average molecular weight is 387 g/mol. The molecule has 0 amide bonds. The second-order valence-corrected chi connectivity index (χ2v) is 8.73. The monoisotopic (exact) mass is 386 g/mol. The van der Waals surface area contributed by atoms with Gasteiger partial charge in [0.2, 0.25) is 0 Å². The van der Waals surface area contributed by atoms with E-state index >= 15 is 0 Å². The molecule has 1 heteroatoms. The highest BCUT2D eigenvalue weighted by atomic mass is 15.4. The van der Waals surface area contributed by atoms with Crippen LogP contribution in [-0.2, 0) is 6.54 Å². The Hall–Kier alpha value is -1.08. The van der Waals surface area contributed by atoms with Crippen LogP contribution in [0.1, 0.15) is 103 Å². The van der Waals surface area contributed by atoms with E-state index in [1.54, 1.807) is 0 Å². The van der Waals surface area contributed by atoms with Crippen LogP contribution >= 0.6 is 0 Å². The third-order valence-electron chi connectivity index (χ3n) is 6.33. The maximum absolute atomic E-state index is 4.32. The van der Waals surface area contributed by atoms with Crippen LogP contribution in [0, 0.1) is 0 Å². The Bertz CT molecular complexity index is 466. The molecule has 0 spiro atoms. The van der Waals surface area contributed by atoms with E-state index in [2.05, 4.69) is 63.8 Å². The first-order valence-corrected chi connectivity index (χ1v) is 12.2. The van der Waals surface area contributed by atoms with Gasteiger partial charge in [-0.05, 0) is 38.2 Å². The summed E-state index contributed by atoms with van der Waals surface area (Å²) in [6.45, 7) is 15.0. The molecule has 1 atom stereocenters. The van der Waals surface area contributed by atoms with Crippen LogP contribution in [0.2, 0.25) is 0 Å². The van der Waals surface area contributed by atoms with Crippen molar-refractivity contribution in [3.8, 4) is 0 Å². The van der Waals surface area contributed by atoms with Gasteiger partial charge in [-0.2, -0.15) is 0 Å². The summed E-state index contributed by atoms with van der Waals surface area (Å²) in [6, 6.07) is 11.8. The molecule has 0 aliphatic carbocycles. The van der Waals surface area contributed by atoms with Crippen LogP contribution < -0.4 is 0 Å². The summed E-state index contributed by atoms with van der Waals surface area (Å²) < 4.78 is 1.23. The number of unbranched alkanes of at least 4 members (excludes halogenated alkanes) is 8. The molecule has 0 bridgehead atoms. The van der Waals surface area contributed by atoms with E-state index < -0.39 is 0 Å². The molecular weight excluding hydrogens is 338 g/mol. The fourth-order valence-corrected chi connectivity index (χ4v) is 4.59. The first kappa shape index (κ1) is 25.0. The van der Waals surface area contributed by atoms with Gasteiger partial charge in [0.15, 0.2) is 0 Å². The Morgan fingerprint density at radius 3 is 1.79 bits per heavy atom. The van der Waals surface area contributed by atoms with Gasteiger partial charge in [0.25, 0.3) is 0 Å². The van der Waals surface area contributed by atoms with E-state index in [0.29, 0.717) is 6.04 Å². The highest BCUT2D eigenvalue weighted by Gasteiger charge is 2.34. The van der Waals surface area contributed by atoms with Crippen molar-refractivity contribution in [3.63, 3.8) is 0 Å². The van der Waals surface area contributed by atoms with Crippen molar-refractivity contribution in [3.05, 3.63) is 48.6 Å². The molecule has 1 aromatic rings. The van der Waals surface area contributed by atoms with E-state index in [0.717, 1.165) is 0 Å². The van der Waals surface area contributed by atoms with E-state index in [9.17, 15) is 0 Å². The summed E-state index contributed by atoms with van der Waals surface area (Å²) in [4.78, 5) is 0. The first-order valence-electron chi connectivity index (χ1n) is 12.2. The summed E-state index contributed by atoms with van der Waals surface area (Å²) in [5, 5.41) is 0. The van der Waals surface area contributed by atoms with Gasteiger partial charge in [-0.3, -0.25) is 0 Å². The molecule has 1 unspecified atom stereocenters. The van der Waals surface area contributed by atoms with Crippen LogP contribution in [-0.4, -0.2) is 23.6 Å². The lowest BCUT2D eigenvalue weighted by molar-refractivity contribution is -0.958. The fraction of sp³-hybridized carbons (Fsp3) is 0.704. The number of hydrogen-bond acceptors (Lipinski definition) is 0. The molecule has 0 saturated carbocycles. The summed E-state index contributed by atoms with van der Waals surface area (Å²) in [5.41, 5.74) is 1.50. The lowest BCUT2D eigenvalue weighted by Crippen LogP contribution is -2.55. The quantitative estimate of drug-likeness (QED) is 0.135. The number of rotatable bonds is 18. The van der Waals surface area contributed by atoms with E-state index in [1.165, 1.54) is 107 Å². The second kappa shape index (κ2) is 15.8. The van der Waals surface area contributed by atoms with Crippen molar-refractivity contribution in [2.24, 2.45) is 0 Å². The molecule has 0 radical (unpaired) electrons. The highest BCUT2D eigenvalue weighted by molar-refractivity contribution is 5.13. The van der Waals surface area contributed by atoms with Gasteiger partial charge < -0.3 is 4.48 Å². The molecule has 0 N–H and O–H groups in total. The molecule has 1 aromatic carbocycles. The van der Waals surface area contributed by atoms with E-state index in [1.807, 2.05) is 0 Å². The van der Waals surface area contributed by atoms with Crippen LogP contribution in [0.3, 0.4) is 0 Å². The predicted octanol–water partition coefficient (Wildman–Crippen LogP) is 8.30. The van der Waals surface area contributed by atoms with Gasteiger partial charge >= 0.3 is 0 Å². The minimum Gasteiger partial charge on any atom is -0.314 e. The van der Waals surface area contributed by atoms with Crippen molar-refractivity contribution >= 4 is 0 Å². The third-order valence-corrected chi connectivity index (χ3v) is 6.33. The Kier molecular flexibility index (Phi) is 14.1. The number of nitrogens with zero attached hydrogens (tertiary/aromatic N) is 1. The Balaban J connectivity index is 3.02. The van der Waals surface area contributed by atoms with Crippen LogP contribution in [0.15, 0.2) is 43.0 Å². The zero-order valence-corrected chi connectivity index (χ0v) is 19.3. The topological polar surface area (TPSA) is 0 Å². The van der Waals surface area contributed by atoms with Crippen molar-refractivity contribution in [2.45, 2.75) is 110 Å². The van der Waals surface area contributed by atoms with Crippen LogP contribution in [0.5, 0.6) is 0 Å². The molecule has 0 aromatic heterocycles. The maximum Gasteiger partial charge on any atom is 0.108 e. The molecular formula is C27H48N+. The minimum atomic E-state index is 0.593. The van der Waals surface area contributed by atoms with Crippen molar-refractivity contribution < 1.29 is 4.48 Å². The van der Waals surface area contributed by atoms with Gasteiger partial charge in [0.1, 0.15) is 12.6 Å². The normalized spacial score (nSPS) is 12.8. The molecule has 0 heterocycles. The fourth-order valence-electron chi connectivity index (χ4n) is 4.59. The molecule has 0 fully saturated rings. The number of hydrogen-bond donors (Lipinski definition) is 0.